The smallest absolute Gasteiger partial charge is 0.130 e. The van der Waals surface area contributed by atoms with Gasteiger partial charge in [0.1, 0.15) is 12.0 Å². The Kier molecular flexibility index (Phi) is 15.9. The maximum Gasteiger partial charge on any atom is 0.130 e. The highest BCUT2D eigenvalue weighted by Crippen LogP contribution is 2.17. The van der Waals surface area contributed by atoms with Crippen molar-refractivity contribution in [2.45, 2.75) is 96.6 Å². The van der Waals surface area contributed by atoms with Crippen molar-refractivity contribution in [2.75, 3.05) is 0 Å². The van der Waals surface area contributed by atoms with Crippen LogP contribution in [0.5, 0.6) is 0 Å². The van der Waals surface area contributed by atoms with Crippen LogP contribution in [0.2, 0.25) is 0 Å². The van der Waals surface area contributed by atoms with Gasteiger partial charge in [0, 0.05) is 0 Å². The van der Waals surface area contributed by atoms with Gasteiger partial charge in [-0.15, -0.1) is 0 Å². The van der Waals surface area contributed by atoms with Crippen molar-refractivity contribution >= 4 is 11.6 Å². The summed E-state index contributed by atoms with van der Waals surface area (Å²) in [5.41, 5.74) is 1.28. The third-order valence-electron chi connectivity index (χ3n) is 5.18. The van der Waals surface area contributed by atoms with Crippen LogP contribution in [0.25, 0.3) is 0 Å². The first-order valence-corrected chi connectivity index (χ1v) is 11.9. The molecule has 0 saturated heterocycles. The van der Waals surface area contributed by atoms with Crippen LogP contribution in [0.1, 0.15) is 84.5 Å². The molecule has 1 N–H and O–H groups in total. The van der Waals surface area contributed by atoms with Gasteiger partial charge in [-0.25, -0.2) is 4.79 Å². The lowest BCUT2D eigenvalue weighted by Crippen LogP contribution is -2.04. The van der Waals surface area contributed by atoms with E-state index in [1.54, 1.807) is 12.2 Å². The number of nitrogens with zero attached hydrogens (tertiary/aromatic N) is 2. The summed E-state index contributed by atoms with van der Waals surface area (Å²) in [5.74, 6) is 1.87. The summed E-state index contributed by atoms with van der Waals surface area (Å²) in [6, 6.07) is 9.09. The number of hydrogen-bond donors (Lipinski definition) is 1. The number of carbonyl (C=O) groups excluding carboxylic acids is 1. The molecule has 2 atom stereocenters. The molecular weight excluding hydrogens is 384 g/mol. The molecule has 170 valence electrons. The molecule has 4 nitrogen and oxygen atoms in total. The van der Waals surface area contributed by atoms with Crippen molar-refractivity contribution in [3.63, 3.8) is 0 Å². The van der Waals surface area contributed by atoms with Crippen LogP contribution in [0.4, 0.5) is 5.69 Å². The zero-order valence-corrected chi connectivity index (χ0v) is 19.4. The Balaban J connectivity index is 0.000000311. The molecule has 1 aliphatic carbocycles. The SMILES string of the molecule is CCCCCCCCCCC(O)CCC.O=C=C1C=CC=CC1N=Nc1ccccc1. The van der Waals surface area contributed by atoms with Crippen LogP contribution in [-0.4, -0.2) is 23.2 Å². The topological polar surface area (TPSA) is 62.0 Å². The number of hydrogen-bond acceptors (Lipinski definition) is 4. The average molecular weight is 425 g/mol. The summed E-state index contributed by atoms with van der Waals surface area (Å²) in [4.78, 5) is 10.6. The summed E-state index contributed by atoms with van der Waals surface area (Å²) in [5, 5.41) is 17.7. The number of aliphatic hydroxyl groups excluding tert-OH is 1. The van der Waals surface area contributed by atoms with Gasteiger partial charge < -0.3 is 5.11 Å². The fourth-order valence-electron chi connectivity index (χ4n) is 3.34. The monoisotopic (exact) mass is 424 g/mol. The molecule has 0 fully saturated rings. The summed E-state index contributed by atoms with van der Waals surface area (Å²) >= 11 is 0. The molecule has 0 spiro atoms. The molecule has 1 aromatic carbocycles. The van der Waals surface area contributed by atoms with E-state index in [0.29, 0.717) is 5.57 Å². The van der Waals surface area contributed by atoms with Crippen LogP contribution in [0, 0.1) is 0 Å². The minimum absolute atomic E-state index is 0.0323. The second-order valence-electron chi connectivity index (χ2n) is 8.00. The molecule has 4 heteroatoms. The first kappa shape index (κ1) is 26.7. The zero-order chi connectivity index (χ0) is 22.6. The van der Waals surface area contributed by atoms with Crippen LogP contribution < -0.4 is 0 Å². The van der Waals surface area contributed by atoms with E-state index in [0.717, 1.165) is 24.9 Å². The molecule has 0 aliphatic heterocycles. The molecule has 0 aromatic heterocycles. The predicted molar refractivity (Wildman–Crippen MR) is 130 cm³/mol. The Hall–Kier alpha value is -2.29. The highest BCUT2D eigenvalue weighted by atomic mass is 16.3. The van der Waals surface area contributed by atoms with Crippen molar-refractivity contribution in [3.05, 3.63) is 60.2 Å². The van der Waals surface area contributed by atoms with Gasteiger partial charge in [-0.2, -0.15) is 10.2 Å². The van der Waals surface area contributed by atoms with Crippen molar-refractivity contribution in [3.8, 4) is 0 Å². The van der Waals surface area contributed by atoms with Gasteiger partial charge in [-0.05, 0) is 31.1 Å². The average Bonchev–Trinajstić information content (AvgIpc) is 2.81. The number of benzene rings is 1. The Morgan fingerprint density at radius 2 is 1.58 bits per heavy atom. The second kappa shape index (κ2) is 18.5. The van der Waals surface area contributed by atoms with Gasteiger partial charge in [0.2, 0.25) is 0 Å². The first-order valence-electron chi connectivity index (χ1n) is 11.9. The summed E-state index contributed by atoms with van der Waals surface area (Å²) in [6.07, 6.45) is 21.1. The Morgan fingerprint density at radius 1 is 0.903 bits per heavy atom. The maximum absolute atomic E-state index is 10.6. The van der Waals surface area contributed by atoms with Crippen molar-refractivity contribution in [1.29, 1.82) is 0 Å². The number of aliphatic hydroxyl groups is 1. The van der Waals surface area contributed by atoms with Crippen molar-refractivity contribution in [2.24, 2.45) is 10.2 Å². The minimum Gasteiger partial charge on any atom is -0.393 e. The predicted octanol–water partition coefficient (Wildman–Crippen LogP) is 7.70. The number of allylic oxidation sites excluding steroid dienone is 2. The maximum atomic E-state index is 10.6. The standard InChI is InChI=1S/C14H30O.C13H10N2O/c1-3-5-6-7-8-9-10-11-13-14(15)12-4-2;16-10-11-6-4-5-9-13(11)15-14-12-7-2-1-3-8-12/h14-15H,3-13H2,1-2H3;1-9,13H. The fourth-order valence-corrected chi connectivity index (χ4v) is 3.34. The van der Waals surface area contributed by atoms with Gasteiger partial charge >= 0.3 is 0 Å². The normalized spacial score (nSPS) is 16.1. The van der Waals surface area contributed by atoms with Gasteiger partial charge in [-0.3, -0.25) is 0 Å². The molecule has 2 rings (SSSR count). The third-order valence-corrected chi connectivity index (χ3v) is 5.18. The van der Waals surface area contributed by atoms with E-state index in [9.17, 15) is 9.90 Å². The number of azo groups is 1. The van der Waals surface area contributed by atoms with Crippen LogP contribution >= 0.6 is 0 Å². The highest BCUT2D eigenvalue weighted by molar-refractivity contribution is 5.62. The molecule has 31 heavy (non-hydrogen) atoms. The zero-order valence-electron chi connectivity index (χ0n) is 19.4. The summed E-state index contributed by atoms with van der Waals surface area (Å²) < 4.78 is 0. The van der Waals surface area contributed by atoms with Gasteiger partial charge in [-0.1, -0.05) is 108 Å². The van der Waals surface area contributed by atoms with E-state index in [2.05, 4.69) is 24.1 Å². The largest absolute Gasteiger partial charge is 0.393 e. The van der Waals surface area contributed by atoms with E-state index in [1.807, 2.05) is 48.4 Å². The summed E-state index contributed by atoms with van der Waals surface area (Å²) in [6.45, 7) is 4.39. The van der Waals surface area contributed by atoms with Crippen molar-refractivity contribution in [1.82, 2.24) is 0 Å². The van der Waals surface area contributed by atoms with E-state index in [1.165, 1.54) is 51.4 Å². The molecule has 0 bridgehead atoms. The molecule has 2 unspecified atom stereocenters. The number of unbranched alkanes of at least 4 members (excludes halogenated alkanes) is 7. The molecule has 0 heterocycles. The van der Waals surface area contributed by atoms with E-state index in [4.69, 9.17) is 0 Å². The minimum atomic E-state index is -0.317. The van der Waals surface area contributed by atoms with Crippen LogP contribution in [0.15, 0.2) is 70.4 Å². The Morgan fingerprint density at radius 3 is 2.23 bits per heavy atom. The van der Waals surface area contributed by atoms with Gasteiger partial charge in [0.25, 0.3) is 0 Å². The van der Waals surface area contributed by atoms with Gasteiger partial charge in [0.15, 0.2) is 0 Å². The molecular formula is C27H40N2O2. The lowest BCUT2D eigenvalue weighted by molar-refractivity contribution is 0.150. The Labute approximate surface area is 188 Å². The molecule has 0 amide bonds. The molecule has 1 aromatic rings. The second-order valence-corrected chi connectivity index (χ2v) is 8.00. The van der Waals surface area contributed by atoms with Crippen LogP contribution in [0.3, 0.4) is 0 Å². The van der Waals surface area contributed by atoms with E-state index >= 15 is 0 Å². The first-order chi connectivity index (χ1) is 15.2. The highest BCUT2D eigenvalue weighted by Gasteiger charge is 2.10. The quantitative estimate of drug-likeness (QED) is 0.200. The van der Waals surface area contributed by atoms with Crippen LogP contribution in [-0.2, 0) is 4.79 Å². The lowest BCUT2D eigenvalue weighted by atomic mass is 10.0. The van der Waals surface area contributed by atoms with E-state index in [-0.39, 0.29) is 12.1 Å². The van der Waals surface area contributed by atoms with Gasteiger partial charge in [0.05, 0.1) is 17.4 Å². The third kappa shape index (κ3) is 13.6. The molecule has 1 aliphatic rings. The fraction of sp³-hybridized carbons (Fsp3) is 0.556. The lowest BCUT2D eigenvalue weighted by Gasteiger charge is -2.08. The molecule has 0 radical (unpaired) electrons. The van der Waals surface area contributed by atoms with Crippen molar-refractivity contribution < 1.29 is 9.90 Å². The molecule has 0 saturated carbocycles. The number of rotatable bonds is 13. The van der Waals surface area contributed by atoms with E-state index < -0.39 is 0 Å². The summed E-state index contributed by atoms with van der Waals surface area (Å²) in [7, 11) is 0. The Bertz CT molecular complexity index is 703.